The topological polar surface area (TPSA) is 20.2 Å². The molecule has 1 nitrogen and oxygen atoms in total. The maximum atomic E-state index is 13.3. The fourth-order valence-electron chi connectivity index (χ4n) is 1.55. The second-order valence-electron chi connectivity index (χ2n) is 3.57. The second kappa shape index (κ2) is 5.61. The van der Waals surface area contributed by atoms with Crippen molar-refractivity contribution in [2.24, 2.45) is 0 Å². The zero-order chi connectivity index (χ0) is 12.4. The summed E-state index contributed by atoms with van der Waals surface area (Å²) >= 11 is 8.05. The second-order valence-corrected chi connectivity index (χ2v) is 6.16. The Labute approximate surface area is 120 Å². The number of halogens is 3. The van der Waals surface area contributed by atoms with Gasteiger partial charge in [-0.3, -0.25) is 0 Å². The van der Waals surface area contributed by atoms with Crippen molar-refractivity contribution in [3.8, 4) is 0 Å². The van der Waals surface area contributed by atoms with Crippen molar-refractivity contribution >= 4 is 43.2 Å². The molecule has 1 unspecified atom stereocenters. The first-order valence-electron chi connectivity index (χ1n) is 4.93. The van der Waals surface area contributed by atoms with E-state index in [1.165, 1.54) is 17.4 Å². The Hall–Kier alpha value is -0.230. The summed E-state index contributed by atoms with van der Waals surface area (Å²) in [5, 5.41) is 12.0. The Balaban J connectivity index is 2.22. The van der Waals surface area contributed by atoms with Crippen LogP contribution in [-0.4, -0.2) is 5.11 Å². The Morgan fingerprint density at radius 2 is 2.06 bits per heavy atom. The molecule has 0 radical (unpaired) electrons. The Kier molecular flexibility index (Phi) is 4.36. The SMILES string of the molecule is OC(Cc1cccc(F)c1Br)c1sccc1Br. The van der Waals surface area contributed by atoms with Crippen LogP contribution < -0.4 is 0 Å². The Morgan fingerprint density at radius 3 is 2.71 bits per heavy atom. The van der Waals surface area contributed by atoms with Crippen molar-refractivity contribution in [2.45, 2.75) is 12.5 Å². The van der Waals surface area contributed by atoms with Crippen LogP contribution in [0.3, 0.4) is 0 Å². The summed E-state index contributed by atoms with van der Waals surface area (Å²) in [6.45, 7) is 0. The summed E-state index contributed by atoms with van der Waals surface area (Å²) in [6, 6.07) is 6.73. The molecule has 1 atom stereocenters. The van der Waals surface area contributed by atoms with Crippen LogP contribution >= 0.6 is 43.2 Å². The number of thiophene rings is 1. The molecule has 1 aromatic carbocycles. The van der Waals surface area contributed by atoms with Crippen molar-refractivity contribution in [2.75, 3.05) is 0 Å². The van der Waals surface area contributed by atoms with E-state index in [1.807, 2.05) is 11.4 Å². The van der Waals surface area contributed by atoms with Crippen LogP contribution in [0.25, 0.3) is 0 Å². The predicted molar refractivity (Wildman–Crippen MR) is 74.8 cm³/mol. The largest absolute Gasteiger partial charge is 0.387 e. The molecule has 1 aromatic heterocycles. The van der Waals surface area contributed by atoms with Crippen LogP contribution in [0, 0.1) is 5.82 Å². The molecule has 1 heterocycles. The van der Waals surface area contributed by atoms with Crippen molar-refractivity contribution < 1.29 is 9.50 Å². The molecule has 0 saturated heterocycles. The molecule has 0 fully saturated rings. The van der Waals surface area contributed by atoms with E-state index in [2.05, 4.69) is 31.9 Å². The van der Waals surface area contributed by atoms with Gasteiger partial charge in [0.1, 0.15) is 5.82 Å². The van der Waals surface area contributed by atoms with E-state index >= 15 is 0 Å². The summed E-state index contributed by atoms with van der Waals surface area (Å²) in [7, 11) is 0. The number of aliphatic hydroxyl groups is 1. The van der Waals surface area contributed by atoms with Gasteiger partial charge >= 0.3 is 0 Å². The molecular weight excluding hydrogens is 371 g/mol. The number of rotatable bonds is 3. The zero-order valence-electron chi connectivity index (χ0n) is 8.66. The van der Waals surface area contributed by atoms with E-state index < -0.39 is 6.10 Å². The average Bonchev–Trinajstić information content (AvgIpc) is 2.71. The highest BCUT2D eigenvalue weighted by Gasteiger charge is 2.15. The molecule has 0 aliphatic heterocycles. The zero-order valence-corrected chi connectivity index (χ0v) is 12.6. The lowest BCUT2D eigenvalue weighted by Crippen LogP contribution is -2.01. The van der Waals surface area contributed by atoms with E-state index in [-0.39, 0.29) is 5.82 Å². The van der Waals surface area contributed by atoms with Crippen LogP contribution in [-0.2, 0) is 6.42 Å². The molecule has 0 aliphatic carbocycles. The molecule has 0 bridgehead atoms. The van der Waals surface area contributed by atoms with Gasteiger partial charge < -0.3 is 5.11 Å². The highest BCUT2D eigenvalue weighted by molar-refractivity contribution is 9.10. The van der Waals surface area contributed by atoms with Gasteiger partial charge in [0.15, 0.2) is 0 Å². The van der Waals surface area contributed by atoms with Crippen LogP contribution in [0.1, 0.15) is 16.5 Å². The van der Waals surface area contributed by atoms with E-state index in [0.29, 0.717) is 10.9 Å². The maximum Gasteiger partial charge on any atom is 0.137 e. The van der Waals surface area contributed by atoms with E-state index in [0.717, 1.165) is 14.9 Å². The Bertz CT molecular complexity index is 527. The molecule has 0 amide bonds. The van der Waals surface area contributed by atoms with Crippen LogP contribution in [0.4, 0.5) is 4.39 Å². The molecule has 1 N–H and O–H groups in total. The summed E-state index contributed by atoms with van der Waals surface area (Å²) in [5.41, 5.74) is 0.762. The molecule has 90 valence electrons. The van der Waals surface area contributed by atoms with Gasteiger partial charge in [0.2, 0.25) is 0 Å². The molecule has 2 rings (SSSR count). The first-order valence-corrected chi connectivity index (χ1v) is 7.40. The summed E-state index contributed by atoms with van der Waals surface area (Å²) in [4.78, 5) is 0.862. The van der Waals surface area contributed by atoms with Crippen LogP contribution in [0.5, 0.6) is 0 Å². The lowest BCUT2D eigenvalue weighted by molar-refractivity contribution is 0.181. The average molecular weight is 380 g/mol. The van der Waals surface area contributed by atoms with Crippen molar-refractivity contribution in [3.05, 3.63) is 54.8 Å². The van der Waals surface area contributed by atoms with Crippen LogP contribution in [0.15, 0.2) is 38.6 Å². The summed E-state index contributed by atoms with van der Waals surface area (Å²) < 4.78 is 14.6. The summed E-state index contributed by atoms with van der Waals surface area (Å²) in [6.07, 6.45) is -0.236. The molecule has 0 aliphatic rings. The predicted octanol–water partition coefficient (Wildman–Crippen LogP) is 4.69. The van der Waals surface area contributed by atoms with Gasteiger partial charge in [0.25, 0.3) is 0 Å². The first kappa shape index (κ1) is 13.2. The lowest BCUT2D eigenvalue weighted by atomic mass is 10.1. The van der Waals surface area contributed by atoms with Crippen molar-refractivity contribution in [1.82, 2.24) is 0 Å². The third kappa shape index (κ3) is 2.96. The monoisotopic (exact) mass is 378 g/mol. The van der Waals surface area contributed by atoms with Gasteiger partial charge in [0.05, 0.1) is 10.6 Å². The van der Waals surface area contributed by atoms with Gasteiger partial charge in [-0.05, 0) is 54.9 Å². The third-order valence-corrected chi connectivity index (χ3v) is 5.25. The van der Waals surface area contributed by atoms with Gasteiger partial charge in [0, 0.05) is 15.8 Å². The molecule has 17 heavy (non-hydrogen) atoms. The highest BCUT2D eigenvalue weighted by atomic mass is 79.9. The van der Waals surface area contributed by atoms with Gasteiger partial charge in [-0.1, -0.05) is 12.1 Å². The van der Waals surface area contributed by atoms with E-state index in [4.69, 9.17) is 0 Å². The number of hydrogen-bond acceptors (Lipinski definition) is 2. The molecule has 5 heteroatoms. The Morgan fingerprint density at radius 1 is 1.29 bits per heavy atom. The standard InChI is InChI=1S/C12H9Br2FOS/c13-8-4-5-17-12(8)10(16)6-7-2-1-3-9(15)11(7)14/h1-5,10,16H,6H2. The van der Waals surface area contributed by atoms with Crippen molar-refractivity contribution in [3.63, 3.8) is 0 Å². The minimum absolute atomic E-state index is 0.306. The number of hydrogen-bond donors (Lipinski definition) is 1. The number of aliphatic hydroxyl groups excluding tert-OH is 1. The van der Waals surface area contributed by atoms with Gasteiger partial charge in [-0.15, -0.1) is 11.3 Å². The fourth-order valence-corrected chi connectivity index (χ4v) is 3.60. The quantitative estimate of drug-likeness (QED) is 0.820. The van der Waals surface area contributed by atoms with Gasteiger partial charge in [-0.2, -0.15) is 0 Å². The molecule has 0 spiro atoms. The lowest BCUT2D eigenvalue weighted by Gasteiger charge is -2.11. The van der Waals surface area contributed by atoms with Gasteiger partial charge in [-0.25, -0.2) is 4.39 Å². The molecule has 0 saturated carbocycles. The van der Waals surface area contributed by atoms with E-state index in [9.17, 15) is 9.50 Å². The minimum Gasteiger partial charge on any atom is -0.387 e. The normalized spacial score (nSPS) is 12.7. The third-order valence-electron chi connectivity index (χ3n) is 2.39. The van der Waals surface area contributed by atoms with E-state index in [1.54, 1.807) is 12.1 Å². The maximum absolute atomic E-state index is 13.3. The highest BCUT2D eigenvalue weighted by Crippen LogP contribution is 2.32. The first-order chi connectivity index (χ1) is 8.09. The van der Waals surface area contributed by atoms with Crippen molar-refractivity contribution in [1.29, 1.82) is 0 Å². The fraction of sp³-hybridized carbons (Fsp3) is 0.167. The molecular formula is C12H9Br2FOS. The smallest absolute Gasteiger partial charge is 0.137 e. The minimum atomic E-state index is -0.623. The molecule has 2 aromatic rings. The van der Waals surface area contributed by atoms with Crippen LogP contribution in [0.2, 0.25) is 0 Å². The summed E-state index contributed by atoms with van der Waals surface area (Å²) in [5.74, 6) is -0.306. The number of benzene rings is 1.